The minimum absolute atomic E-state index is 0.00883. The Morgan fingerprint density at radius 1 is 1.53 bits per heavy atom. The maximum atomic E-state index is 10.6. The number of hydrogen-bond acceptors (Lipinski definition) is 4. The average molecular weight is 211 g/mol. The lowest BCUT2D eigenvalue weighted by molar-refractivity contribution is -0.121. The molecule has 0 amide bonds. The number of hydrogen-bond donors (Lipinski definition) is 0. The predicted molar refractivity (Wildman–Crippen MR) is 55.5 cm³/mol. The number of ether oxygens (including phenoxy) is 1. The van der Waals surface area contributed by atoms with Crippen LogP contribution in [-0.4, -0.2) is 17.5 Å². The molecular weight excluding hydrogens is 194 g/mol. The van der Waals surface area contributed by atoms with E-state index in [2.05, 4.69) is 5.16 Å². The lowest BCUT2D eigenvalue weighted by atomic mass is 9.93. The summed E-state index contributed by atoms with van der Waals surface area (Å²) in [4.78, 5) is 10.6. The van der Waals surface area contributed by atoms with Gasteiger partial charge in [-0.15, -0.1) is 0 Å². The summed E-state index contributed by atoms with van der Waals surface area (Å²) in [5.74, 6) is 0.832. The number of carbonyl (C=O) groups excluding carboxylic acids is 1. The van der Waals surface area contributed by atoms with Gasteiger partial charge in [0.1, 0.15) is 18.1 Å². The van der Waals surface area contributed by atoms with Crippen LogP contribution in [0.15, 0.2) is 10.6 Å². The van der Waals surface area contributed by atoms with Gasteiger partial charge < -0.3 is 9.26 Å². The number of Topliss-reactive ketones (excluding diaryl/α,β-unsaturated/α-hetero) is 1. The van der Waals surface area contributed by atoms with Gasteiger partial charge in [-0.1, -0.05) is 25.9 Å². The number of rotatable bonds is 4. The molecule has 1 aromatic heterocycles. The summed E-state index contributed by atoms with van der Waals surface area (Å²) in [7, 11) is 0. The van der Waals surface area contributed by atoms with Crippen LogP contribution >= 0.6 is 0 Å². The second-order valence-electron chi connectivity index (χ2n) is 4.63. The molecule has 0 radical (unpaired) electrons. The SMILES string of the molecule is CC(=O)COCc1cc(C(C)(C)C)on1. The Morgan fingerprint density at radius 3 is 2.67 bits per heavy atom. The van der Waals surface area contributed by atoms with Crippen LogP contribution in [0.1, 0.15) is 39.1 Å². The highest BCUT2D eigenvalue weighted by atomic mass is 16.5. The van der Waals surface area contributed by atoms with Gasteiger partial charge in [-0.2, -0.15) is 0 Å². The van der Waals surface area contributed by atoms with Crippen molar-refractivity contribution in [1.82, 2.24) is 5.16 Å². The van der Waals surface area contributed by atoms with Gasteiger partial charge in [-0.3, -0.25) is 4.79 Å². The molecule has 0 saturated carbocycles. The van der Waals surface area contributed by atoms with Crippen LogP contribution in [-0.2, 0) is 21.6 Å². The largest absolute Gasteiger partial charge is 0.367 e. The van der Waals surface area contributed by atoms with E-state index in [9.17, 15) is 4.79 Å². The first-order valence-electron chi connectivity index (χ1n) is 4.93. The quantitative estimate of drug-likeness (QED) is 0.765. The Labute approximate surface area is 89.6 Å². The maximum absolute atomic E-state index is 10.6. The van der Waals surface area contributed by atoms with Crippen LogP contribution in [0.3, 0.4) is 0 Å². The molecule has 1 aromatic rings. The number of ketones is 1. The van der Waals surface area contributed by atoms with Crippen molar-refractivity contribution in [3.63, 3.8) is 0 Å². The second kappa shape index (κ2) is 4.57. The molecule has 1 heterocycles. The molecule has 1 rings (SSSR count). The first kappa shape index (κ1) is 11.9. The van der Waals surface area contributed by atoms with Gasteiger partial charge in [0, 0.05) is 11.5 Å². The molecule has 0 bridgehead atoms. The summed E-state index contributed by atoms with van der Waals surface area (Å²) >= 11 is 0. The minimum atomic E-state index is -0.0498. The number of nitrogens with zero attached hydrogens (tertiary/aromatic N) is 1. The highest BCUT2D eigenvalue weighted by Gasteiger charge is 2.19. The average Bonchev–Trinajstić information content (AvgIpc) is 2.51. The maximum Gasteiger partial charge on any atom is 0.155 e. The van der Waals surface area contributed by atoms with E-state index in [0.717, 1.165) is 11.5 Å². The van der Waals surface area contributed by atoms with E-state index >= 15 is 0 Å². The summed E-state index contributed by atoms with van der Waals surface area (Å²) in [5, 5.41) is 3.87. The van der Waals surface area contributed by atoms with E-state index in [1.54, 1.807) is 0 Å². The van der Waals surface area contributed by atoms with Gasteiger partial charge in [0.15, 0.2) is 5.78 Å². The van der Waals surface area contributed by atoms with Crippen LogP contribution in [0.4, 0.5) is 0 Å². The van der Waals surface area contributed by atoms with E-state index in [4.69, 9.17) is 9.26 Å². The molecule has 0 spiro atoms. The van der Waals surface area contributed by atoms with Gasteiger partial charge in [0.25, 0.3) is 0 Å². The lowest BCUT2D eigenvalue weighted by Crippen LogP contribution is -2.09. The molecule has 4 heteroatoms. The molecule has 0 aromatic carbocycles. The summed E-state index contributed by atoms with van der Waals surface area (Å²) < 4.78 is 10.3. The fourth-order valence-electron chi connectivity index (χ4n) is 1.03. The van der Waals surface area contributed by atoms with Crippen LogP contribution in [0.25, 0.3) is 0 Å². The summed E-state index contributed by atoms with van der Waals surface area (Å²) in [6, 6.07) is 1.86. The van der Waals surface area contributed by atoms with Gasteiger partial charge in [-0.05, 0) is 6.92 Å². The van der Waals surface area contributed by atoms with E-state index in [-0.39, 0.29) is 17.8 Å². The van der Waals surface area contributed by atoms with E-state index < -0.39 is 0 Å². The molecule has 0 N–H and O–H groups in total. The van der Waals surface area contributed by atoms with Crippen molar-refractivity contribution in [2.45, 2.75) is 39.7 Å². The fourth-order valence-corrected chi connectivity index (χ4v) is 1.03. The highest BCUT2D eigenvalue weighted by molar-refractivity contribution is 5.76. The molecule has 0 aliphatic rings. The van der Waals surface area contributed by atoms with Crippen molar-refractivity contribution >= 4 is 5.78 Å². The van der Waals surface area contributed by atoms with Gasteiger partial charge in [-0.25, -0.2) is 0 Å². The van der Waals surface area contributed by atoms with Crippen molar-refractivity contribution < 1.29 is 14.1 Å². The van der Waals surface area contributed by atoms with Crippen LogP contribution < -0.4 is 0 Å². The Balaban J connectivity index is 2.50. The van der Waals surface area contributed by atoms with Crippen molar-refractivity contribution in [3.05, 3.63) is 17.5 Å². The summed E-state index contributed by atoms with van der Waals surface area (Å²) in [6.07, 6.45) is 0. The molecule has 0 saturated heterocycles. The molecule has 4 nitrogen and oxygen atoms in total. The van der Waals surface area contributed by atoms with Crippen LogP contribution in [0.5, 0.6) is 0 Å². The molecule has 0 aliphatic carbocycles. The predicted octanol–water partition coefficient (Wildman–Crippen LogP) is 2.08. The highest BCUT2D eigenvalue weighted by Crippen LogP contribution is 2.22. The first-order valence-corrected chi connectivity index (χ1v) is 4.93. The molecule has 0 aliphatic heterocycles. The molecule has 84 valence electrons. The van der Waals surface area contributed by atoms with Crippen molar-refractivity contribution in [1.29, 1.82) is 0 Å². The molecule has 0 unspecified atom stereocenters. The number of carbonyl (C=O) groups is 1. The summed E-state index contributed by atoms with van der Waals surface area (Å²) in [6.45, 7) is 8.08. The van der Waals surface area contributed by atoms with E-state index in [0.29, 0.717) is 6.61 Å². The normalized spacial score (nSPS) is 11.7. The van der Waals surface area contributed by atoms with Gasteiger partial charge in [0.2, 0.25) is 0 Å². The zero-order valence-corrected chi connectivity index (χ0v) is 9.66. The van der Waals surface area contributed by atoms with Crippen LogP contribution in [0.2, 0.25) is 0 Å². The first-order chi connectivity index (χ1) is 6.89. The van der Waals surface area contributed by atoms with Crippen molar-refractivity contribution in [3.8, 4) is 0 Å². The molecule has 0 atom stereocenters. The molecule has 0 fully saturated rings. The lowest BCUT2D eigenvalue weighted by Gasteiger charge is -2.12. The number of aromatic nitrogens is 1. The van der Waals surface area contributed by atoms with Crippen molar-refractivity contribution in [2.75, 3.05) is 6.61 Å². The minimum Gasteiger partial charge on any atom is -0.367 e. The Kier molecular flexibility index (Phi) is 3.63. The Morgan fingerprint density at radius 2 is 2.20 bits per heavy atom. The summed E-state index contributed by atoms with van der Waals surface area (Å²) in [5.41, 5.74) is 0.674. The van der Waals surface area contributed by atoms with E-state index in [1.165, 1.54) is 6.92 Å². The topological polar surface area (TPSA) is 52.3 Å². The Hall–Kier alpha value is -1.16. The molecule has 15 heavy (non-hydrogen) atoms. The standard InChI is InChI=1S/C11H17NO3/c1-8(13)6-14-7-9-5-10(15-12-9)11(2,3)4/h5H,6-7H2,1-4H3. The fraction of sp³-hybridized carbons (Fsp3) is 0.636. The van der Waals surface area contributed by atoms with E-state index in [1.807, 2.05) is 26.8 Å². The Bertz CT molecular complexity index is 336. The third-order valence-electron chi connectivity index (χ3n) is 1.85. The third kappa shape index (κ3) is 3.83. The molecular formula is C11H17NO3. The van der Waals surface area contributed by atoms with Crippen LogP contribution in [0, 0.1) is 0 Å². The van der Waals surface area contributed by atoms with Gasteiger partial charge >= 0.3 is 0 Å². The third-order valence-corrected chi connectivity index (χ3v) is 1.85. The second-order valence-corrected chi connectivity index (χ2v) is 4.63. The van der Waals surface area contributed by atoms with Gasteiger partial charge in [0.05, 0.1) is 6.61 Å². The zero-order valence-electron chi connectivity index (χ0n) is 9.66. The van der Waals surface area contributed by atoms with Crippen molar-refractivity contribution in [2.24, 2.45) is 0 Å². The zero-order chi connectivity index (χ0) is 11.5. The monoisotopic (exact) mass is 211 g/mol. The smallest absolute Gasteiger partial charge is 0.155 e.